The number of carbonyl (C=O) groups is 2. The van der Waals surface area contributed by atoms with E-state index in [-0.39, 0.29) is 17.2 Å². The highest BCUT2D eigenvalue weighted by Gasteiger charge is 2.68. The molecule has 0 spiro atoms. The Morgan fingerprint density at radius 2 is 1.96 bits per heavy atom. The van der Waals surface area contributed by atoms with Gasteiger partial charge in [0.05, 0.1) is 11.1 Å². The lowest BCUT2D eigenvalue weighted by Crippen LogP contribution is -2.39. The van der Waals surface area contributed by atoms with Gasteiger partial charge < -0.3 is 5.32 Å². The van der Waals surface area contributed by atoms with Crippen LogP contribution in [0.15, 0.2) is 29.6 Å². The van der Waals surface area contributed by atoms with Crippen LogP contribution in [0.5, 0.6) is 0 Å². The summed E-state index contributed by atoms with van der Waals surface area (Å²) in [5.41, 5.74) is 1.90. The highest BCUT2D eigenvalue weighted by atomic mass is 32.1. The molecule has 128 valence electrons. The molecule has 0 radical (unpaired) electrons. The minimum atomic E-state index is -0.171. The zero-order valence-electron chi connectivity index (χ0n) is 14.0. The molecule has 5 rings (SSSR count). The van der Waals surface area contributed by atoms with Crippen LogP contribution in [-0.4, -0.2) is 41.3 Å². The fourth-order valence-electron chi connectivity index (χ4n) is 4.73. The van der Waals surface area contributed by atoms with E-state index >= 15 is 0 Å². The van der Waals surface area contributed by atoms with E-state index in [1.165, 1.54) is 4.90 Å². The maximum atomic E-state index is 12.8. The number of amides is 2. The highest BCUT2D eigenvalue weighted by molar-refractivity contribution is 7.09. The average Bonchev–Trinajstić information content (AvgIpc) is 2.95. The molecule has 1 saturated heterocycles. The summed E-state index contributed by atoms with van der Waals surface area (Å²) >= 11 is 1.67. The smallest absolute Gasteiger partial charge is 0.261 e. The number of hydrogen-bond donors (Lipinski definition) is 1. The minimum Gasteiger partial charge on any atom is -0.316 e. The number of carbonyl (C=O) groups excluding carboxylic acids is 2. The number of fused-ring (bicyclic) bond motifs is 2. The van der Waals surface area contributed by atoms with Gasteiger partial charge in [-0.05, 0) is 50.4 Å². The summed E-state index contributed by atoms with van der Waals surface area (Å²) in [5, 5.41) is 6.61. The average molecular weight is 353 g/mol. The Morgan fingerprint density at radius 1 is 1.24 bits per heavy atom. The normalized spacial score (nSPS) is 30.4. The van der Waals surface area contributed by atoms with Gasteiger partial charge in [-0.25, -0.2) is 4.98 Å². The third-order valence-electron chi connectivity index (χ3n) is 6.01. The second-order valence-electron chi connectivity index (χ2n) is 7.28. The van der Waals surface area contributed by atoms with Crippen molar-refractivity contribution in [2.75, 3.05) is 19.6 Å². The lowest BCUT2D eigenvalue weighted by Gasteiger charge is -2.22. The van der Waals surface area contributed by atoms with Crippen molar-refractivity contribution in [1.29, 1.82) is 0 Å². The number of rotatable bonds is 3. The van der Waals surface area contributed by atoms with Gasteiger partial charge in [-0.2, -0.15) is 0 Å². The topological polar surface area (TPSA) is 62.3 Å². The molecule has 1 N–H and O–H groups in total. The molecular formula is C19H19N3O2S. The largest absolute Gasteiger partial charge is 0.316 e. The summed E-state index contributed by atoms with van der Waals surface area (Å²) in [4.78, 5) is 31.9. The van der Waals surface area contributed by atoms with Crippen LogP contribution in [0.1, 0.15) is 37.8 Å². The van der Waals surface area contributed by atoms with E-state index in [9.17, 15) is 9.59 Å². The van der Waals surface area contributed by atoms with Crippen LogP contribution in [0.25, 0.3) is 0 Å². The van der Waals surface area contributed by atoms with E-state index in [1.807, 2.05) is 19.1 Å². The van der Waals surface area contributed by atoms with E-state index in [0.717, 1.165) is 30.2 Å². The SMILES string of the molecule is Cc1csc(C2(CN3C(=O)c4ccccc4C3=O)C3CCNCC32)n1. The Balaban J connectivity index is 1.53. The van der Waals surface area contributed by atoms with E-state index in [4.69, 9.17) is 4.98 Å². The van der Waals surface area contributed by atoms with Gasteiger partial charge in [0.2, 0.25) is 0 Å². The minimum absolute atomic E-state index is 0.162. The molecule has 3 atom stereocenters. The molecule has 2 fully saturated rings. The first-order valence-corrected chi connectivity index (χ1v) is 9.59. The van der Waals surface area contributed by atoms with Gasteiger partial charge in [-0.15, -0.1) is 11.3 Å². The summed E-state index contributed by atoms with van der Waals surface area (Å²) in [6, 6.07) is 7.12. The zero-order valence-corrected chi connectivity index (χ0v) is 14.8. The van der Waals surface area contributed by atoms with Crippen molar-refractivity contribution < 1.29 is 9.59 Å². The quantitative estimate of drug-likeness (QED) is 0.860. The van der Waals surface area contributed by atoms with Crippen LogP contribution < -0.4 is 5.32 Å². The molecule has 3 heterocycles. The second-order valence-corrected chi connectivity index (χ2v) is 8.14. The predicted octanol–water partition coefficient (Wildman–Crippen LogP) is 2.22. The Hall–Kier alpha value is -2.05. The van der Waals surface area contributed by atoms with Crippen LogP contribution in [0.2, 0.25) is 0 Å². The predicted molar refractivity (Wildman–Crippen MR) is 94.8 cm³/mol. The van der Waals surface area contributed by atoms with Crippen LogP contribution >= 0.6 is 11.3 Å². The van der Waals surface area contributed by atoms with Crippen molar-refractivity contribution in [3.05, 3.63) is 51.5 Å². The van der Waals surface area contributed by atoms with Crippen molar-refractivity contribution in [1.82, 2.24) is 15.2 Å². The van der Waals surface area contributed by atoms with Gasteiger partial charge in [0.15, 0.2) is 0 Å². The standard InChI is InChI=1S/C19H19N3O2S/c1-11-9-25-18(21-11)19(14-6-7-20-8-15(14)19)10-22-16(23)12-4-2-3-5-13(12)17(22)24/h2-5,9,14-15,20H,6-8,10H2,1H3. The van der Waals surface area contributed by atoms with E-state index in [0.29, 0.717) is 29.5 Å². The summed E-state index contributed by atoms with van der Waals surface area (Å²) in [5.74, 6) is 0.634. The van der Waals surface area contributed by atoms with Crippen molar-refractivity contribution in [2.24, 2.45) is 11.8 Å². The Kier molecular flexibility index (Phi) is 3.18. The van der Waals surface area contributed by atoms with Crippen molar-refractivity contribution in [3.63, 3.8) is 0 Å². The molecule has 5 nitrogen and oxygen atoms in total. The van der Waals surface area contributed by atoms with Gasteiger partial charge in [-0.1, -0.05) is 12.1 Å². The number of benzene rings is 1. The number of nitrogens with zero attached hydrogens (tertiary/aromatic N) is 2. The van der Waals surface area contributed by atoms with Gasteiger partial charge in [0.1, 0.15) is 5.01 Å². The molecule has 1 saturated carbocycles. The molecule has 3 unspecified atom stereocenters. The van der Waals surface area contributed by atoms with E-state index in [2.05, 4.69) is 10.7 Å². The Bertz CT molecular complexity index is 843. The molecule has 25 heavy (non-hydrogen) atoms. The third kappa shape index (κ3) is 2.01. The maximum Gasteiger partial charge on any atom is 0.261 e. The fraction of sp³-hybridized carbons (Fsp3) is 0.421. The number of hydrogen-bond acceptors (Lipinski definition) is 5. The Morgan fingerprint density at radius 3 is 2.52 bits per heavy atom. The van der Waals surface area contributed by atoms with Crippen molar-refractivity contribution >= 4 is 23.2 Å². The van der Waals surface area contributed by atoms with Crippen LogP contribution in [0.4, 0.5) is 0 Å². The zero-order chi connectivity index (χ0) is 17.2. The monoisotopic (exact) mass is 353 g/mol. The van der Waals surface area contributed by atoms with E-state index in [1.54, 1.807) is 23.5 Å². The summed E-state index contributed by atoms with van der Waals surface area (Å²) in [6.07, 6.45) is 1.08. The third-order valence-corrected chi connectivity index (χ3v) is 7.16. The van der Waals surface area contributed by atoms with Gasteiger partial charge in [0, 0.05) is 23.0 Å². The first-order valence-electron chi connectivity index (χ1n) is 8.71. The van der Waals surface area contributed by atoms with Gasteiger partial charge >= 0.3 is 0 Å². The molecule has 0 bridgehead atoms. The first-order chi connectivity index (χ1) is 12.1. The van der Waals surface area contributed by atoms with Crippen molar-refractivity contribution in [2.45, 2.75) is 18.8 Å². The number of nitrogens with one attached hydrogen (secondary N) is 1. The highest BCUT2D eigenvalue weighted by Crippen LogP contribution is 2.63. The molecule has 3 aliphatic rings. The van der Waals surface area contributed by atoms with Crippen LogP contribution in [0, 0.1) is 18.8 Å². The maximum absolute atomic E-state index is 12.8. The lowest BCUT2D eigenvalue weighted by atomic mass is 10.0. The first kappa shape index (κ1) is 15.2. The second kappa shape index (κ2) is 5.22. The van der Waals surface area contributed by atoms with Gasteiger partial charge in [-0.3, -0.25) is 14.5 Å². The molecule has 2 aromatic rings. The summed E-state index contributed by atoms with van der Waals surface area (Å²) in [7, 11) is 0. The molecule has 1 aromatic heterocycles. The van der Waals surface area contributed by atoms with Crippen LogP contribution in [-0.2, 0) is 5.41 Å². The number of imide groups is 1. The fourth-order valence-corrected chi connectivity index (χ4v) is 5.85. The number of piperidine rings is 1. The summed E-state index contributed by atoms with van der Waals surface area (Å²) in [6.45, 7) is 4.38. The molecule has 2 amide bonds. The number of aromatic nitrogens is 1. The lowest BCUT2D eigenvalue weighted by molar-refractivity contribution is 0.0633. The molecular weight excluding hydrogens is 334 g/mol. The number of thiazole rings is 1. The summed E-state index contributed by atoms with van der Waals surface area (Å²) < 4.78 is 0. The Labute approximate surface area is 150 Å². The van der Waals surface area contributed by atoms with Gasteiger partial charge in [0.25, 0.3) is 11.8 Å². The molecule has 2 aliphatic heterocycles. The van der Waals surface area contributed by atoms with Crippen molar-refractivity contribution in [3.8, 4) is 0 Å². The van der Waals surface area contributed by atoms with Crippen LogP contribution in [0.3, 0.4) is 0 Å². The molecule has 1 aromatic carbocycles. The number of aryl methyl sites for hydroxylation is 1. The van der Waals surface area contributed by atoms with E-state index < -0.39 is 0 Å². The molecule has 1 aliphatic carbocycles. The molecule has 6 heteroatoms.